The molecule has 6 heteroatoms. The molecule has 0 atom stereocenters. The summed E-state index contributed by atoms with van der Waals surface area (Å²) in [5.74, 6) is -1.08. The van der Waals surface area contributed by atoms with Gasteiger partial charge in [-0.3, -0.25) is 0 Å². The van der Waals surface area contributed by atoms with E-state index in [1.165, 1.54) is 18.2 Å². The van der Waals surface area contributed by atoms with E-state index < -0.39 is 12.3 Å². The van der Waals surface area contributed by atoms with E-state index in [1.807, 2.05) is 0 Å². The maximum absolute atomic E-state index is 12.4. The highest BCUT2D eigenvalue weighted by Gasteiger charge is 2.16. The van der Waals surface area contributed by atoms with Crippen LogP contribution in [-0.4, -0.2) is 4.57 Å². The number of benzene rings is 1. The summed E-state index contributed by atoms with van der Waals surface area (Å²) in [6, 6.07) is 4.08. The average Bonchev–Trinajstić information content (AvgIpc) is 2.39. The first-order valence-corrected chi connectivity index (χ1v) is 3.78. The predicted octanol–water partition coefficient (Wildman–Crippen LogP) is 1.57. The third kappa shape index (κ3) is 1.15. The van der Waals surface area contributed by atoms with Gasteiger partial charge in [0.25, 0.3) is 0 Å². The summed E-state index contributed by atoms with van der Waals surface area (Å²) in [5, 5.41) is 0. The number of rotatable bonds is 1. The first-order valence-electron chi connectivity index (χ1n) is 3.78. The van der Waals surface area contributed by atoms with Crippen LogP contribution >= 0.6 is 0 Å². The zero-order valence-corrected chi connectivity index (χ0v) is 6.91. The van der Waals surface area contributed by atoms with Crippen LogP contribution in [0.3, 0.4) is 0 Å². The van der Waals surface area contributed by atoms with Gasteiger partial charge in [-0.05, 0) is 12.1 Å². The largest absolute Gasteiger partial charge is 0.424 e. The van der Waals surface area contributed by atoms with Crippen molar-refractivity contribution in [3.8, 4) is 0 Å². The Kier molecular flexibility index (Phi) is 1.77. The topological polar surface area (TPSA) is 61.2 Å². The summed E-state index contributed by atoms with van der Waals surface area (Å²) in [5.41, 5.74) is 5.86. The molecule has 1 heterocycles. The van der Waals surface area contributed by atoms with Crippen LogP contribution in [0.4, 0.5) is 14.5 Å². The minimum absolute atomic E-state index is 0.0409. The highest BCUT2D eigenvalue weighted by atomic mass is 19.3. The summed E-state index contributed by atoms with van der Waals surface area (Å²) in [6.45, 7) is -2.91. The van der Waals surface area contributed by atoms with E-state index in [4.69, 9.17) is 5.73 Å². The van der Waals surface area contributed by atoms with Crippen molar-refractivity contribution < 1.29 is 13.2 Å². The summed E-state index contributed by atoms with van der Waals surface area (Å²) in [4.78, 5) is 11.0. The van der Waals surface area contributed by atoms with E-state index in [0.29, 0.717) is 5.69 Å². The van der Waals surface area contributed by atoms with Crippen molar-refractivity contribution in [2.45, 2.75) is 6.55 Å². The lowest BCUT2D eigenvalue weighted by molar-refractivity contribution is 0.0670. The van der Waals surface area contributed by atoms with Crippen LogP contribution in [0.1, 0.15) is 6.55 Å². The number of oxazole rings is 1. The molecule has 0 saturated heterocycles. The number of alkyl halides is 2. The fourth-order valence-corrected chi connectivity index (χ4v) is 1.24. The number of hydrogen-bond acceptors (Lipinski definition) is 3. The summed E-state index contributed by atoms with van der Waals surface area (Å²) >= 11 is 0. The molecule has 0 bridgehead atoms. The van der Waals surface area contributed by atoms with Crippen LogP contribution in [0, 0.1) is 0 Å². The minimum atomic E-state index is -2.91. The van der Waals surface area contributed by atoms with E-state index in [-0.39, 0.29) is 15.7 Å². The van der Waals surface area contributed by atoms with Crippen molar-refractivity contribution >= 4 is 16.8 Å². The molecule has 2 rings (SSSR count). The Morgan fingerprint density at radius 1 is 1.43 bits per heavy atom. The number of nitrogens with two attached hydrogens (primary N) is 1. The third-order valence-electron chi connectivity index (χ3n) is 1.83. The third-order valence-corrected chi connectivity index (χ3v) is 1.83. The van der Waals surface area contributed by atoms with Gasteiger partial charge in [0.15, 0.2) is 5.58 Å². The number of aromatic nitrogens is 1. The molecule has 0 spiro atoms. The number of halogens is 2. The van der Waals surface area contributed by atoms with Crippen molar-refractivity contribution in [2.75, 3.05) is 5.73 Å². The second-order valence-electron chi connectivity index (χ2n) is 2.74. The molecule has 0 unspecified atom stereocenters. The Bertz CT molecular complexity index is 530. The maximum Gasteiger partial charge on any atom is 0.424 e. The zero-order chi connectivity index (χ0) is 10.3. The molecule has 0 aliphatic heterocycles. The van der Waals surface area contributed by atoms with Gasteiger partial charge in [0.05, 0.1) is 5.52 Å². The van der Waals surface area contributed by atoms with Gasteiger partial charge in [-0.1, -0.05) is 0 Å². The maximum atomic E-state index is 12.4. The molecule has 0 aliphatic carbocycles. The average molecular weight is 200 g/mol. The SMILES string of the molecule is Nc1ccc2c(c1)oc(=O)n2C(F)F. The van der Waals surface area contributed by atoms with Crippen molar-refractivity contribution in [3.05, 3.63) is 28.7 Å². The molecule has 1 aromatic carbocycles. The molecule has 0 aliphatic rings. The van der Waals surface area contributed by atoms with Crippen LogP contribution in [0.2, 0.25) is 0 Å². The standard InChI is InChI=1S/C8H6F2N2O2/c9-7(10)12-5-2-1-4(11)3-6(5)14-8(12)13/h1-3,7H,11H2. The van der Waals surface area contributed by atoms with Gasteiger partial charge in [0, 0.05) is 11.8 Å². The minimum Gasteiger partial charge on any atom is -0.408 e. The van der Waals surface area contributed by atoms with Crippen molar-refractivity contribution in [1.82, 2.24) is 4.57 Å². The Morgan fingerprint density at radius 2 is 2.14 bits per heavy atom. The van der Waals surface area contributed by atoms with E-state index in [2.05, 4.69) is 4.42 Å². The lowest BCUT2D eigenvalue weighted by Gasteiger charge is -1.98. The number of fused-ring (bicyclic) bond motifs is 1. The molecule has 0 radical (unpaired) electrons. The van der Waals surface area contributed by atoms with Crippen LogP contribution < -0.4 is 11.5 Å². The normalized spacial score (nSPS) is 11.4. The quantitative estimate of drug-likeness (QED) is 0.710. The molecule has 0 saturated carbocycles. The molecular formula is C8H6F2N2O2. The Morgan fingerprint density at radius 3 is 2.79 bits per heavy atom. The number of anilines is 1. The van der Waals surface area contributed by atoms with Gasteiger partial charge in [-0.25, -0.2) is 9.36 Å². The van der Waals surface area contributed by atoms with Gasteiger partial charge in [-0.15, -0.1) is 0 Å². The van der Waals surface area contributed by atoms with Crippen LogP contribution in [0.25, 0.3) is 11.1 Å². The Balaban J connectivity index is 2.84. The molecule has 0 amide bonds. The lowest BCUT2D eigenvalue weighted by atomic mass is 10.3. The lowest BCUT2D eigenvalue weighted by Crippen LogP contribution is -2.14. The highest BCUT2D eigenvalue weighted by molar-refractivity contribution is 5.76. The predicted molar refractivity (Wildman–Crippen MR) is 46.1 cm³/mol. The van der Waals surface area contributed by atoms with Gasteiger partial charge >= 0.3 is 12.3 Å². The molecule has 2 N–H and O–H groups in total. The number of nitrogen functional groups attached to an aromatic ring is 1. The summed E-state index contributed by atoms with van der Waals surface area (Å²) in [6.07, 6.45) is 0. The zero-order valence-electron chi connectivity index (χ0n) is 6.91. The van der Waals surface area contributed by atoms with Crippen LogP contribution in [0.5, 0.6) is 0 Å². The van der Waals surface area contributed by atoms with Gasteiger partial charge in [-0.2, -0.15) is 8.78 Å². The highest BCUT2D eigenvalue weighted by Crippen LogP contribution is 2.20. The Hall–Kier alpha value is -1.85. The molecule has 2 aromatic rings. The second-order valence-corrected chi connectivity index (χ2v) is 2.74. The first kappa shape index (κ1) is 8.74. The number of nitrogens with zero attached hydrogens (tertiary/aromatic N) is 1. The van der Waals surface area contributed by atoms with Gasteiger partial charge < -0.3 is 10.2 Å². The molecule has 14 heavy (non-hydrogen) atoms. The molecule has 74 valence electrons. The summed E-state index contributed by atoms with van der Waals surface area (Å²) in [7, 11) is 0. The van der Waals surface area contributed by atoms with E-state index >= 15 is 0 Å². The van der Waals surface area contributed by atoms with E-state index in [1.54, 1.807) is 0 Å². The Labute approximate surface area is 76.5 Å². The van der Waals surface area contributed by atoms with Crippen molar-refractivity contribution in [2.24, 2.45) is 0 Å². The molecule has 0 fully saturated rings. The molecule has 1 aromatic heterocycles. The molecule has 4 nitrogen and oxygen atoms in total. The monoisotopic (exact) mass is 200 g/mol. The van der Waals surface area contributed by atoms with Crippen molar-refractivity contribution in [3.63, 3.8) is 0 Å². The fourth-order valence-electron chi connectivity index (χ4n) is 1.24. The van der Waals surface area contributed by atoms with E-state index in [9.17, 15) is 13.6 Å². The van der Waals surface area contributed by atoms with Gasteiger partial charge in [0.2, 0.25) is 0 Å². The smallest absolute Gasteiger partial charge is 0.408 e. The first-order chi connectivity index (χ1) is 6.59. The van der Waals surface area contributed by atoms with Gasteiger partial charge in [0.1, 0.15) is 0 Å². The summed E-state index contributed by atoms with van der Waals surface area (Å²) < 4.78 is 29.6. The fraction of sp³-hybridized carbons (Fsp3) is 0.125. The van der Waals surface area contributed by atoms with Crippen molar-refractivity contribution in [1.29, 1.82) is 0 Å². The molecular weight excluding hydrogens is 194 g/mol. The van der Waals surface area contributed by atoms with E-state index in [0.717, 1.165) is 0 Å². The van der Waals surface area contributed by atoms with Crippen LogP contribution in [0.15, 0.2) is 27.4 Å². The van der Waals surface area contributed by atoms with Crippen LogP contribution in [-0.2, 0) is 0 Å². The second kappa shape index (κ2) is 2.83. The number of hydrogen-bond donors (Lipinski definition) is 1.